The zero-order chi connectivity index (χ0) is 33.0. The molecular weight excluding hydrogens is 592 g/mol. The van der Waals surface area contributed by atoms with E-state index in [0.29, 0.717) is 24.7 Å². The number of hydrogen-bond acceptors (Lipinski definition) is 7. The lowest BCUT2D eigenvalue weighted by Gasteiger charge is -2.45. The van der Waals surface area contributed by atoms with Crippen molar-refractivity contribution in [3.8, 4) is 11.5 Å². The molecule has 3 unspecified atom stereocenters. The average molecular weight is 635 g/mol. The molecule has 0 spiro atoms. The highest BCUT2D eigenvalue weighted by molar-refractivity contribution is 5.93. The Morgan fingerprint density at radius 2 is 1.32 bits per heavy atom. The molecule has 7 rings (SSSR count). The van der Waals surface area contributed by atoms with Crippen LogP contribution < -0.4 is 9.47 Å². The van der Waals surface area contributed by atoms with Crippen LogP contribution >= 0.6 is 0 Å². The van der Waals surface area contributed by atoms with Crippen LogP contribution in [0, 0.1) is 5.92 Å². The van der Waals surface area contributed by atoms with Gasteiger partial charge in [0.2, 0.25) is 0 Å². The predicted octanol–water partition coefficient (Wildman–Crippen LogP) is 7.48. The summed E-state index contributed by atoms with van der Waals surface area (Å²) >= 11 is 0. The smallest absolute Gasteiger partial charge is 0.330 e. The Hall–Kier alpha value is -4.62. The number of fused-ring (bicyclic) bond motifs is 2. The van der Waals surface area contributed by atoms with Gasteiger partial charge in [0.05, 0.1) is 19.1 Å². The van der Waals surface area contributed by atoms with Gasteiger partial charge in [-0.15, -0.1) is 0 Å². The van der Waals surface area contributed by atoms with Gasteiger partial charge in [-0.05, 0) is 51.8 Å². The highest BCUT2D eigenvalue weighted by atomic mass is 16.6. The van der Waals surface area contributed by atoms with Crippen molar-refractivity contribution in [2.75, 3.05) is 39.6 Å². The standard InChI is InChI=1S/C40H42O7/c1-5-37(41)46-21-19-43-18-20-44-35-16-17-36(29-12-8-7-11-28(29)35)45-22-23-47-39(42)34-25-33-27-10-6-9-13-30(27)38(34)31-15-14-26(24-32(31)33)40(2,3)4/h5-17,24,33-34,38H,1,18-23,25H2,2-4H3. The Kier molecular flexibility index (Phi) is 9.64. The van der Waals surface area contributed by atoms with Gasteiger partial charge in [0, 0.05) is 28.7 Å². The summed E-state index contributed by atoms with van der Waals surface area (Å²) in [6.07, 6.45) is 1.87. The van der Waals surface area contributed by atoms with Gasteiger partial charge < -0.3 is 23.7 Å². The van der Waals surface area contributed by atoms with E-state index in [0.717, 1.165) is 23.3 Å². The lowest BCUT2D eigenvalue weighted by Crippen LogP contribution is -2.37. The van der Waals surface area contributed by atoms with Crippen LogP contribution in [0.1, 0.15) is 66.8 Å². The van der Waals surface area contributed by atoms with Crippen LogP contribution in [-0.4, -0.2) is 51.6 Å². The minimum absolute atomic E-state index is 0.00896. The van der Waals surface area contributed by atoms with E-state index in [9.17, 15) is 9.59 Å². The van der Waals surface area contributed by atoms with Crippen molar-refractivity contribution < 1.29 is 33.3 Å². The van der Waals surface area contributed by atoms with Gasteiger partial charge in [0.1, 0.15) is 37.9 Å². The van der Waals surface area contributed by atoms with Crippen LogP contribution in [0.4, 0.5) is 0 Å². The minimum Gasteiger partial charge on any atom is -0.491 e. The van der Waals surface area contributed by atoms with Gasteiger partial charge in [-0.25, -0.2) is 4.79 Å². The first-order chi connectivity index (χ1) is 22.8. The Balaban J connectivity index is 1.05. The molecule has 3 aliphatic carbocycles. The number of carbonyl (C=O) groups is 2. The molecule has 0 fully saturated rings. The first-order valence-corrected chi connectivity index (χ1v) is 16.3. The Morgan fingerprint density at radius 3 is 2.00 bits per heavy atom. The molecule has 7 heteroatoms. The van der Waals surface area contributed by atoms with Crippen molar-refractivity contribution in [3.63, 3.8) is 0 Å². The predicted molar refractivity (Wildman–Crippen MR) is 181 cm³/mol. The van der Waals surface area contributed by atoms with E-state index in [-0.39, 0.29) is 55.6 Å². The van der Waals surface area contributed by atoms with E-state index in [1.54, 1.807) is 0 Å². The maximum atomic E-state index is 13.6. The first-order valence-electron chi connectivity index (χ1n) is 16.3. The molecule has 7 nitrogen and oxygen atoms in total. The van der Waals surface area contributed by atoms with Crippen molar-refractivity contribution in [3.05, 3.63) is 119 Å². The summed E-state index contributed by atoms with van der Waals surface area (Å²) in [6, 6.07) is 27.0. The molecule has 244 valence electrons. The summed E-state index contributed by atoms with van der Waals surface area (Å²) in [4.78, 5) is 24.7. The van der Waals surface area contributed by atoms with E-state index in [4.69, 9.17) is 23.7 Å². The SMILES string of the molecule is C=CC(=O)OCCOCCOc1ccc(OCCOC(=O)C2CC3c4ccccc4C2c2ccc(C(C)(C)C)cc23)c2ccccc12. The molecule has 0 radical (unpaired) electrons. The van der Waals surface area contributed by atoms with Crippen molar-refractivity contribution in [2.45, 2.75) is 44.4 Å². The van der Waals surface area contributed by atoms with Crippen LogP contribution in [0.25, 0.3) is 10.8 Å². The van der Waals surface area contributed by atoms with Crippen LogP contribution in [0.2, 0.25) is 0 Å². The zero-order valence-corrected chi connectivity index (χ0v) is 27.3. The summed E-state index contributed by atoms with van der Waals surface area (Å²) in [6.45, 7) is 11.6. The van der Waals surface area contributed by atoms with Gasteiger partial charge in [-0.1, -0.05) is 94.1 Å². The van der Waals surface area contributed by atoms with E-state index in [1.165, 1.54) is 27.8 Å². The zero-order valence-electron chi connectivity index (χ0n) is 27.3. The third kappa shape index (κ3) is 6.91. The number of esters is 2. The second-order valence-electron chi connectivity index (χ2n) is 13.1. The average Bonchev–Trinajstić information content (AvgIpc) is 3.09. The maximum Gasteiger partial charge on any atom is 0.330 e. The van der Waals surface area contributed by atoms with E-state index < -0.39 is 5.97 Å². The van der Waals surface area contributed by atoms with Gasteiger partial charge in [-0.3, -0.25) is 4.79 Å². The number of ether oxygens (including phenoxy) is 5. The second kappa shape index (κ2) is 14.0. The molecule has 0 heterocycles. The number of rotatable bonds is 13. The van der Waals surface area contributed by atoms with Crippen LogP contribution in [-0.2, 0) is 29.2 Å². The summed E-state index contributed by atoms with van der Waals surface area (Å²) in [5.41, 5.74) is 6.56. The topological polar surface area (TPSA) is 80.3 Å². The lowest BCUT2D eigenvalue weighted by molar-refractivity contribution is -0.150. The molecule has 2 bridgehead atoms. The van der Waals surface area contributed by atoms with Crippen LogP contribution in [0.5, 0.6) is 11.5 Å². The van der Waals surface area contributed by atoms with Gasteiger partial charge in [0.25, 0.3) is 0 Å². The molecule has 4 aromatic rings. The second-order valence-corrected chi connectivity index (χ2v) is 13.1. The largest absolute Gasteiger partial charge is 0.491 e. The number of carbonyl (C=O) groups excluding carboxylic acids is 2. The molecule has 0 saturated heterocycles. The molecule has 3 atom stereocenters. The van der Waals surface area contributed by atoms with Crippen LogP contribution in [0.15, 0.2) is 91.5 Å². The molecule has 0 aliphatic heterocycles. The Bertz CT molecular complexity index is 1770. The Morgan fingerprint density at radius 1 is 0.723 bits per heavy atom. The van der Waals surface area contributed by atoms with E-state index >= 15 is 0 Å². The lowest BCUT2D eigenvalue weighted by atomic mass is 9.58. The fourth-order valence-corrected chi connectivity index (χ4v) is 6.85. The maximum absolute atomic E-state index is 13.6. The van der Waals surface area contributed by atoms with Crippen LogP contribution in [0.3, 0.4) is 0 Å². The van der Waals surface area contributed by atoms with Gasteiger partial charge in [-0.2, -0.15) is 0 Å². The third-order valence-corrected chi connectivity index (χ3v) is 9.12. The molecule has 0 amide bonds. The minimum atomic E-state index is -0.472. The fraction of sp³-hybridized carbons (Fsp3) is 0.350. The van der Waals surface area contributed by atoms with Gasteiger partial charge >= 0.3 is 11.9 Å². The van der Waals surface area contributed by atoms with Gasteiger partial charge in [0.15, 0.2) is 0 Å². The van der Waals surface area contributed by atoms with Crippen molar-refractivity contribution in [1.82, 2.24) is 0 Å². The summed E-state index contributed by atoms with van der Waals surface area (Å²) in [5, 5.41) is 1.81. The Labute approximate surface area is 276 Å². The number of benzene rings is 4. The number of hydrogen-bond donors (Lipinski definition) is 0. The van der Waals surface area contributed by atoms with E-state index in [2.05, 4.69) is 69.8 Å². The fourth-order valence-electron chi connectivity index (χ4n) is 6.85. The molecule has 0 N–H and O–H groups in total. The molecule has 4 aromatic carbocycles. The van der Waals surface area contributed by atoms with Crippen molar-refractivity contribution in [1.29, 1.82) is 0 Å². The molecule has 0 aromatic heterocycles. The summed E-state index contributed by atoms with van der Waals surface area (Å²) in [5.74, 6) is 0.708. The molecule has 0 saturated carbocycles. The summed E-state index contributed by atoms with van der Waals surface area (Å²) < 4.78 is 28.3. The van der Waals surface area contributed by atoms with E-state index in [1.807, 2.05) is 36.4 Å². The highest BCUT2D eigenvalue weighted by Crippen LogP contribution is 2.56. The quantitative estimate of drug-likeness (QED) is 0.0857. The monoisotopic (exact) mass is 634 g/mol. The third-order valence-electron chi connectivity index (χ3n) is 9.12. The van der Waals surface area contributed by atoms with Crippen molar-refractivity contribution in [2.24, 2.45) is 5.92 Å². The summed E-state index contributed by atoms with van der Waals surface area (Å²) in [7, 11) is 0. The molecule has 3 aliphatic rings. The normalized spacial score (nSPS) is 17.8. The molecule has 47 heavy (non-hydrogen) atoms. The van der Waals surface area contributed by atoms with Crippen molar-refractivity contribution >= 4 is 22.7 Å². The first kappa shape index (κ1) is 32.3. The highest BCUT2D eigenvalue weighted by Gasteiger charge is 2.47. The molecular formula is C40H42O7.